The molecule has 26 heavy (non-hydrogen) atoms. The molecule has 1 aromatic heterocycles. The van der Waals surface area contributed by atoms with Crippen molar-refractivity contribution in [1.29, 1.82) is 0 Å². The first-order valence-corrected chi connectivity index (χ1v) is 8.38. The lowest BCUT2D eigenvalue weighted by Gasteiger charge is -2.12. The number of methoxy groups -OCH3 is 1. The van der Waals surface area contributed by atoms with Crippen LogP contribution in [0.5, 0.6) is 0 Å². The van der Waals surface area contributed by atoms with Crippen LogP contribution in [0.25, 0.3) is 0 Å². The molecule has 0 unspecified atom stereocenters. The molecule has 0 saturated heterocycles. The molecule has 0 aromatic carbocycles. The summed E-state index contributed by atoms with van der Waals surface area (Å²) in [5, 5.41) is 4.82. The number of aromatic nitrogens is 1. The Morgan fingerprint density at radius 1 is 1.12 bits per heavy atom. The molecular formula is C17H23N3O6. The maximum Gasteiger partial charge on any atom is 0.355 e. The molecule has 142 valence electrons. The molecule has 3 N–H and O–H groups in total. The highest BCUT2D eigenvalue weighted by molar-refractivity contribution is 6.00. The third kappa shape index (κ3) is 4.62. The summed E-state index contributed by atoms with van der Waals surface area (Å²) in [5.74, 6) is -2.10. The number of ether oxygens (including phenoxy) is 2. The van der Waals surface area contributed by atoms with E-state index < -0.39 is 30.5 Å². The van der Waals surface area contributed by atoms with Crippen LogP contribution in [-0.2, 0) is 14.3 Å². The first-order valence-electron chi connectivity index (χ1n) is 8.38. The minimum atomic E-state index is -0.799. The molecule has 2 rings (SSSR count). The van der Waals surface area contributed by atoms with Gasteiger partial charge in [-0.25, -0.2) is 14.4 Å². The van der Waals surface area contributed by atoms with E-state index in [0.29, 0.717) is 11.3 Å². The van der Waals surface area contributed by atoms with Gasteiger partial charge < -0.3 is 19.8 Å². The number of nitrogens with one attached hydrogen (secondary N) is 3. The van der Waals surface area contributed by atoms with Gasteiger partial charge in [0.25, 0.3) is 5.91 Å². The van der Waals surface area contributed by atoms with E-state index in [1.54, 1.807) is 13.8 Å². The van der Waals surface area contributed by atoms with Crippen LogP contribution in [0.2, 0.25) is 0 Å². The first-order chi connectivity index (χ1) is 12.3. The predicted molar refractivity (Wildman–Crippen MR) is 90.8 cm³/mol. The number of carbonyl (C=O) groups is 4. The third-order valence-electron chi connectivity index (χ3n) is 4.31. The van der Waals surface area contributed by atoms with E-state index in [9.17, 15) is 19.2 Å². The second-order valence-electron chi connectivity index (χ2n) is 6.20. The molecule has 9 nitrogen and oxygen atoms in total. The predicted octanol–water partition coefficient (Wildman–Crippen LogP) is 1.34. The number of aromatic amines is 1. The molecule has 0 spiro atoms. The molecule has 0 atom stereocenters. The maximum atomic E-state index is 12.1. The minimum absolute atomic E-state index is 0.0612. The number of H-pyrrole nitrogens is 1. The van der Waals surface area contributed by atoms with Crippen molar-refractivity contribution >= 4 is 23.9 Å². The lowest BCUT2D eigenvalue weighted by Crippen LogP contribution is -2.45. The Balaban J connectivity index is 1.87. The monoisotopic (exact) mass is 365 g/mol. The molecule has 0 aliphatic heterocycles. The fraction of sp³-hybridized carbons (Fsp3) is 0.529. The zero-order valence-corrected chi connectivity index (χ0v) is 15.1. The summed E-state index contributed by atoms with van der Waals surface area (Å²) in [6.45, 7) is 2.58. The van der Waals surface area contributed by atoms with E-state index in [0.717, 1.165) is 25.7 Å². The minimum Gasteiger partial charge on any atom is -0.465 e. The van der Waals surface area contributed by atoms with Gasteiger partial charge in [-0.3, -0.25) is 10.1 Å². The normalized spacial score (nSPS) is 14.0. The molecule has 1 aliphatic rings. The van der Waals surface area contributed by atoms with Crippen LogP contribution >= 0.6 is 0 Å². The van der Waals surface area contributed by atoms with Crippen molar-refractivity contribution in [3.8, 4) is 0 Å². The summed E-state index contributed by atoms with van der Waals surface area (Å²) in [6, 6.07) is -0.524. The fourth-order valence-electron chi connectivity index (χ4n) is 3.02. The fourth-order valence-corrected chi connectivity index (χ4v) is 3.02. The highest BCUT2D eigenvalue weighted by Crippen LogP contribution is 2.19. The number of imide groups is 1. The van der Waals surface area contributed by atoms with Crippen molar-refractivity contribution in [2.75, 3.05) is 13.7 Å². The summed E-state index contributed by atoms with van der Waals surface area (Å²) in [5.41, 5.74) is 1.14. The Bertz CT molecular complexity index is 718. The molecule has 1 saturated carbocycles. The molecule has 0 radical (unpaired) electrons. The van der Waals surface area contributed by atoms with Crippen LogP contribution in [0.1, 0.15) is 57.8 Å². The standard InChI is InChI=1S/C17H23N3O6/c1-9-13(15(22)25-3)10(2)18-14(9)16(23)26-8-12(21)20-17(24)19-11-6-4-5-7-11/h11,18H,4-8H2,1-3H3,(H2,19,20,21,24). The van der Waals surface area contributed by atoms with Gasteiger partial charge in [-0.05, 0) is 32.3 Å². The van der Waals surface area contributed by atoms with E-state index in [1.165, 1.54) is 7.11 Å². The second kappa shape index (κ2) is 8.50. The Morgan fingerprint density at radius 2 is 1.77 bits per heavy atom. The van der Waals surface area contributed by atoms with Crippen molar-refractivity contribution in [2.24, 2.45) is 0 Å². The van der Waals surface area contributed by atoms with Gasteiger partial charge in [0.15, 0.2) is 6.61 Å². The Hall–Kier alpha value is -2.84. The highest BCUT2D eigenvalue weighted by atomic mass is 16.5. The summed E-state index contributed by atoms with van der Waals surface area (Å²) < 4.78 is 9.58. The lowest BCUT2D eigenvalue weighted by molar-refractivity contribution is -0.123. The van der Waals surface area contributed by atoms with E-state index >= 15 is 0 Å². The number of aryl methyl sites for hydroxylation is 1. The van der Waals surface area contributed by atoms with Crippen molar-refractivity contribution in [1.82, 2.24) is 15.6 Å². The number of amides is 3. The molecular weight excluding hydrogens is 342 g/mol. The third-order valence-corrected chi connectivity index (χ3v) is 4.31. The van der Waals surface area contributed by atoms with E-state index in [2.05, 4.69) is 20.4 Å². The number of hydrogen-bond donors (Lipinski definition) is 3. The summed E-state index contributed by atoms with van der Waals surface area (Å²) in [7, 11) is 1.24. The topological polar surface area (TPSA) is 127 Å². The van der Waals surface area contributed by atoms with Crippen molar-refractivity contribution in [2.45, 2.75) is 45.6 Å². The van der Waals surface area contributed by atoms with Crippen LogP contribution in [-0.4, -0.2) is 48.6 Å². The van der Waals surface area contributed by atoms with Gasteiger partial charge in [0.1, 0.15) is 5.69 Å². The molecule has 1 aliphatic carbocycles. The smallest absolute Gasteiger partial charge is 0.355 e. The van der Waals surface area contributed by atoms with E-state index in [-0.39, 0.29) is 17.3 Å². The second-order valence-corrected chi connectivity index (χ2v) is 6.20. The molecule has 1 heterocycles. The van der Waals surface area contributed by atoms with Crippen molar-refractivity contribution < 1.29 is 28.7 Å². The van der Waals surface area contributed by atoms with Gasteiger partial charge in [-0.15, -0.1) is 0 Å². The van der Waals surface area contributed by atoms with Crippen LogP contribution in [0.4, 0.5) is 4.79 Å². The Kier molecular flexibility index (Phi) is 6.37. The van der Waals surface area contributed by atoms with Crippen LogP contribution in [0.3, 0.4) is 0 Å². The van der Waals surface area contributed by atoms with Gasteiger partial charge in [-0.1, -0.05) is 12.8 Å². The zero-order valence-electron chi connectivity index (χ0n) is 15.1. The summed E-state index contributed by atoms with van der Waals surface area (Å²) in [6.07, 6.45) is 3.90. The number of urea groups is 1. The molecule has 3 amide bonds. The van der Waals surface area contributed by atoms with Gasteiger partial charge in [0.05, 0.1) is 12.7 Å². The van der Waals surface area contributed by atoms with Gasteiger partial charge >= 0.3 is 18.0 Å². The average Bonchev–Trinajstić information content (AvgIpc) is 3.19. The lowest BCUT2D eigenvalue weighted by atomic mass is 10.1. The van der Waals surface area contributed by atoms with Crippen molar-refractivity contribution in [3.05, 3.63) is 22.5 Å². The SMILES string of the molecule is COC(=O)c1c(C)[nH]c(C(=O)OCC(=O)NC(=O)NC2CCCC2)c1C. The van der Waals surface area contributed by atoms with Gasteiger partial charge in [0.2, 0.25) is 0 Å². The molecule has 1 aromatic rings. The number of carbonyl (C=O) groups excluding carboxylic acids is 4. The van der Waals surface area contributed by atoms with Crippen LogP contribution in [0, 0.1) is 13.8 Å². The number of rotatable bonds is 5. The van der Waals surface area contributed by atoms with E-state index in [4.69, 9.17) is 4.74 Å². The number of hydrogen-bond acceptors (Lipinski definition) is 6. The summed E-state index contributed by atoms with van der Waals surface area (Å²) >= 11 is 0. The van der Waals surface area contributed by atoms with Crippen molar-refractivity contribution in [3.63, 3.8) is 0 Å². The zero-order chi connectivity index (χ0) is 19.3. The Morgan fingerprint density at radius 3 is 2.38 bits per heavy atom. The first kappa shape index (κ1) is 19.5. The largest absolute Gasteiger partial charge is 0.465 e. The quantitative estimate of drug-likeness (QED) is 0.676. The molecule has 9 heteroatoms. The van der Waals surface area contributed by atoms with E-state index in [1.807, 2.05) is 0 Å². The van der Waals surface area contributed by atoms with Gasteiger partial charge in [0, 0.05) is 11.7 Å². The molecule has 0 bridgehead atoms. The average molecular weight is 365 g/mol. The maximum absolute atomic E-state index is 12.1. The van der Waals surface area contributed by atoms with Crippen LogP contribution in [0.15, 0.2) is 0 Å². The van der Waals surface area contributed by atoms with Gasteiger partial charge in [-0.2, -0.15) is 0 Å². The number of esters is 2. The highest BCUT2D eigenvalue weighted by Gasteiger charge is 2.24. The Labute approximate surface area is 150 Å². The van der Waals surface area contributed by atoms with Crippen LogP contribution < -0.4 is 10.6 Å². The molecule has 1 fully saturated rings. The summed E-state index contributed by atoms with van der Waals surface area (Å²) in [4.78, 5) is 50.0.